The summed E-state index contributed by atoms with van der Waals surface area (Å²) < 4.78 is 11.0. The number of aliphatic imine (C=N–C) groups is 1. The van der Waals surface area contributed by atoms with Gasteiger partial charge in [0.15, 0.2) is 5.96 Å². The Bertz CT molecular complexity index is 425. The van der Waals surface area contributed by atoms with E-state index in [1.165, 1.54) is 0 Å². The number of nitrogens with zero attached hydrogens (tertiary/aromatic N) is 2. The van der Waals surface area contributed by atoms with Crippen LogP contribution in [0.5, 0.6) is 0 Å². The highest BCUT2D eigenvalue weighted by Gasteiger charge is 2.15. The summed E-state index contributed by atoms with van der Waals surface area (Å²) in [5.74, 6) is 0.782. The standard InChI is InChI=1S/C15H24N4O2.HI/c1-16-15(19-11-13-5-2-3-7-17-13)18-8-4-9-21-14-6-10-20-12-14;/h2-3,5,7,14H,4,6,8-12H2,1H3,(H2,16,18,19);1H. The molecular formula is C15H25IN4O2. The lowest BCUT2D eigenvalue weighted by molar-refractivity contribution is 0.0420. The third-order valence-electron chi connectivity index (χ3n) is 3.24. The molecule has 2 N–H and O–H groups in total. The topological polar surface area (TPSA) is 67.8 Å². The van der Waals surface area contributed by atoms with Crippen molar-refractivity contribution in [2.75, 3.05) is 33.4 Å². The summed E-state index contributed by atoms with van der Waals surface area (Å²) in [6.45, 7) is 3.80. The molecule has 0 aliphatic carbocycles. The fraction of sp³-hybridized carbons (Fsp3) is 0.600. The normalized spacial score (nSPS) is 17.9. The van der Waals surface area contributed by atoms with E-state index in [0.717, 1.165) is 50.9 Å². The van der Waals surface area contributed by atoms with E-state index in [4.69, 9.17) is 9.47 Å². The monoisotopic (exact) mass is 420 g/mol. The molecule has 2 rings (SSSR count). The van der Waals surface area contributed by atoms with Gasteiger partial charge in [0.05, 0.1) is 24.9 Å². The number of rotatable bonds is 7. The van der Waals surface area contributed by atoms with Gasteiger partial charge in [-0.2, -0.15) is 0 Å². The van der Waals surface area contributed by atoms with Crippen LogP contribution in [-0.4, -0.2) is 50.5 Å². The van der Waals surface area contributed by atoms with E-state index in [2.05, 4.69) is 20.6 Å². The van der Waals surface area contributed by atoms with E-state index in [1.807, 2.05) is 18.2 Å². The van der Waals surface area contributed by atoms with E-state index in [9.17, 15) is 0 Å². The zero-order valence-electron chi connectivity index (χ0n) is 13.0. The molecule has 1 unspecified atom stereocenters. The first kappa shape index (κ1) is 19.1. The van der Waals surface area contributed by atoms with Crippen LogP contribution in [0.25, 0.3) is 0 Å². The lowest BCUT2D eigenvalue weighted by Gasteiger charge is -2.13. The minimum atomic E-state index is 0. The molecule has 1 aliphatic heterocycles. The number of hydrogen-bond donors (Lipinski definition) is 2. The average molecular weight is 420 g/mol. The molecule has 0 amide bonds. The summed E-state index contributed by atoms with van der Waals surface area (Å²) in [7, 11) is 1.76. The smallest absolute Gasteiger partial charge is 0.191 e. The SMILES string of the molecule is CN=C(NCCCOC1CCOC1)NCc1ccccn1.I. The molecule has 1 saturated heterocycles. The molecule has 1 aliphatic rings. The van der Waals surface area contributed by atoms with Gasteiger partial charge in [0.2, 0.25) is 0 Å². The van der Waals surface area contributed by atoms with E-state index >= 15 is 0 Å². The van der Waals surface area contributed by atoms with Gasteiger partial charge in [-0.3, -0.25) is 9.98 Å². The highest BCUT2D eigenvalue weighted by molar-refractivity contribution is 14.0. The van der Waals surface area contributed by atoms with Crippen molar-refractivity contribution in [3.63, 3.8) is 0 Å². The highest BCUT2D eigenvalue weighted by Crippen LogP contribution is 2.07. The molecule has 1 fully saturated rings. The van der Waals surface area contributed by atoms with Crippen molar-refractivity contribution in [2.24, 2.45) is 4.99 Å². The van der Waals surface area contributed by atoms with Crippen LogP contribution in [0.15, 0.2) is 29.4 Å². The van der Waals surface area contributed by atoms with Gasteiger partial charge in [0.25, 0.3) is 0 Å². The molecule has 0 radical (unpaired) electrons. The molecule has 2 heterocycles. The van der Waals surface area contributed by atoms with Crippen LogP contribution in [0.2, 0.25) is 0 Å². The van der Waals surface area contributed by atoms with Crippen molar-refractivity contribution in [1.29, 1.82) is 0 Å². The number of halogens is 1. The van der Waals surface area contributed by atoms with Crippen molar-refractivity contribution in [3.05, 3.63) is 30.1 Å². The Balaban J connectivity index is 0.00000242. The third-order valence-corrected chi connectivity index (χ3v) is 3.24. The van der Waals surface area contributed by atoms with Crippen LogP contribution in [0.4, 0.5) is 0 Å². The Morgan fingerprint density at radius 3 is 3.05 bits per heavy atom. The van der Waals surface area contributed by atoms with Gasteiger partial charge in [-0.15, -0.1) is 24.0 Å². The van der Waals surface area contributed by atoms with Crippen molar-refractivity contribution < 1.29 is 9.47 Å². The third kappa shape index (κ3) is 7.37. The maximum Gasteiger partial charge on any atom is 0.191 e. The van der Waals surface area contributed by atoms with E-state index in [0.29, 0.717) is 6.54 Å². The van der Waals surface area contributed by atoms with Gasteiger partial charge in [0, 0.05) is 33.0 Å². The van der Waals surface area contributed by atoms with Crippen LogP contribution in [0.1, 0.15) is 18.5 Å². The summed E-state index contributed by atoms with van der Waals surface area (Å²) in [6, 6.07) is 5.87. The Kier molecular flexibility index (Phi) is 10.1. The van der Waals surface area contributed by atoms with Crippen molar-refractivity contribution in [3.8, 4) is 0 Å². The maximum absolute atomic E-state index is 5.71. The Morgan fingerprint density at radius 1 is 1.45 bits per heavy atom. The van der Waals surface area contributed by atoms with Gasteiger partial charge >= 0.3 is 0 Å². The molecule has 0 spiro atoms. The second-order valence-electron chi connectivity index (χ2n) is 4.88. The molecule has 7 heteroatoms. The predicted octanol–water partition coefficient (Wildman–Crippen LogP) is 1.56. The minimum absolute atomic E-state index is 0. The summed E-state index contributed by atoms with van der Waals surface area (Å²) in [4.78, 5) is 8.45. The van der Waals surface area contributed by atoms with Crippen LogP contribution in [0, 0.1) is 0 Å². The van der Waals surface area contributed by atoms with Crippen LogP contribution < -0.4 is 10.6 Å². The van der Waals surface area contributed by atoms with Gasteiger partial charge < -0.3 is 20.1 Å². The number of ether oxygens (including phenoxy) is 2. The predicted molar refractivity (Wildman–Crippen MR) is 97.6 cm³/mol. The lowest BCUT2D eigenvalue weighted by atomic mass is 10.3. The Hall–Kier alpha value is -0.930. The lowest BCUT2D eigenvalue weighted by Crippen LogP contribution is -2.37. The van der Waals surface area contributed by atoms with E-state index < -0.39 is 0 Å². The molecular weight excluding hydrogens is 395 g/mol. The van der Waals surface area contributed by atoms with Gasteiger partial charge in [-0.05, 0) is 25.0 Å². The van der Waals surface area contributed by atoms with E-state index in [-0.39, 0.29) is 30.1 Å². The summed E-state index contributed by atoms with van der Waals surface area (Å²) in [5, 5.41) is 6.50. The number of pyridine rings is 1. The molecule has 1 aromatic rings. The molecule has 0 saturated carbocycles. The minimum Gasteiger partial charge on any atom is -0.379 e. The fourth-order valence-corrected chi connectivity index (χ4v) is 2.07. The molecule has 22 heavy (non-hydrogen) atoms. The van der Waals surface area contributed by atoms with Gasteiger partial charge in [-0.1, -0.05) is 6.07 Å². The number of nitrogens with one attached hydrogen (secondary N) is 2. The molecule has 124 valence electrons. The van der Waals surface area contributed by atoms with Crippen molar-refractivity contribution >= 4 is 29.9 Å². The maximum atomic E-state index is 5.71. The van der Waals surface area contributed by atoms with Crippen molar-refractivity contribution in [1.82, 2.24) is 15.6 Å². The second-order valence-corrected chi connectivity index (χ2v) is 4.88. The van der Waals surface area contributed by atoms with Crippen LogP contribution in [0.3, 0.4) is 0 Å². The highest BCUT2D eigenvalue weighted by atomic mass is 127. The van der Waals surface area contributed by atoms with Crippen molar-refractivity contribution in [2.45, 2.75) is 25.5 Å². The fourth-order valence-electron chi connectivity index (χ4n) is 2.07. The Morgan fingerprint density at radius 2 is 2.36 bits per heavy atom. The first-order chi connectivity index (χ1) is 10.4. The summed E-state index contributed by atoms with van der Waals surface area (Å²) in [6.07, 6.45) is 4.03. The number of aromatic nitrogens is 1. The van der Waals surface area contributed by atoms with Gasteiger partial charge in [-0.25, -0.2) is 0 Å². The summed E-state index contributed by atoms with van der Waals surface area (Å²) in [5.41, 5.74) is 0.991. The first-order valence-electron chi connectivity index (χ1n) is 7.42. The molecule has 0 aromatic carbocycles. The molecule has 1 aromatic heterocycles. The number of hydrogen-bond acceptors (Lipinski definition) is 4. The quantitative estimate of drug-likeness (QED) is 0.303. The average Bonchev–Trinajstić information content (AvgIpc) is 3.04. The molecule has 6 nitrogen and oxygen atoms in total. The Labute approximate surface area is 149 Å². The zero-order chi connectivity index (χ0) is 14.8. The van der Waals surface area contributed by atoms with Crippen LogP contribution >= 0.6 is 24.0 Å². The largest absolute Gasteiger partial charge is 0.379 e. The second kappa shape index (κ2) is 11.6. The van der Waals surface area contributed by atoms with Crippen LogP contribution in [-0.2, 0) is 16.0 Å². The molecule has 0 bridgehead atoms. The summed E-state index contributed by atoms with van der Waals surface area (Å²) >= 11 is 0. The van der Waals surface area contributed by atoms with Gasteiger partial charge in [0.1, 0.15) is 0 Å². The first-order valence-corrected chi connectivity index (χ1v) is 7.42. The van der Waals surface area contributed by atoms with E-state index in [1.54, 1.807) is 13.2 Å². The molecule has 1 atom stereocenters. The number of guanidine groups is 1. The zero-order valence-corrected chi connectivity index (χ0v) is 15.3.